The number of nitrogens with one attached hydrogen (secondary N) is 1. The lowest BCUT2D eigenvalue weighted by Gasteiger charge is -2.07. The van der Waals surface area contributed by atoms with E-state index in [4.69, 9.17) is 11.6 Å². The first kappa shape index (κ1) is 18.2. The van der Waals surface area contributed by atoms with Gasteiger partial charge in [-0.2, -0.15) is 23.8 Å². The molecule has 1 N–H and O–H groups in total. The van der Waals surface area contributed by atoms with Crippen LogP contribution in [0.3, 0.4) is 0 Å². The van der Waals surface area contributed by atoms with Crippen molar-refractivity contribution in [1.82, 2.24) is 24.9 Å². The number of rotatable bonds is 6. The molecule has 0 saturated carbocycles. The molecule has 26 heavy (non-hydrogen) atoms. The topological polar surface area (TPSA) is 116 Å². The van der Waals surface area contributed by atoms with Crippen LogP contribution in [0.5, 0.6) is 0 Å². The highest BCUT2D eigenvalue weighted by Crippen LogP contribution is 2.32. The standard InChI is InChI=1S/C13H11ClF2N6O3S/c1-26(23,24)21-12-17-7-18-22(12)6-8-2-4-9(5-3-8)10-19-11(25-20-10)13(14,15)16/h2-5,7H,6H2,1H3,(H,17,18,21). The Morgan fingerprint density at radius 2 is 2.00 bits per heavy atom. The molecule has 1 aromatic carbocycles. The molecular weight excluding hydrogens is 394 g/mol. The van der Waals surface area contributed by atoms with Crippen molar-refractivity contribution in [3.8, 4) is 11.4 Å². The fourth-order valence-corrected chi connectivity index (χ4v) is 2.58. The molecule has 0 saturated heterocycles. The van der Waals surface area contributed by atoms with Crippen LogP contribution in [0, 0.1) is 0 Å². The van der Waals surface area contributed by atoms with E-state index in [1.807, 2.05) is 0 Å². The molecule has 138 valence electrons. The molecule has 0 amide bonds. The predicted molar refractivity (Wildman–Crippen MR) is 87.1 cm³/mol. The Morgan fingerprint density at radius 1 is 1.31 bits per heavy atom. The molecule has 3 rings (SSSR count). The number of sulfonamides is 1. The lowest BCUT2D eigenvalue weighted by molar-refractivity contribution is 0.0551. The largest absolute Gasteiger partial charge is 0.400 e. The summed E-state index contributed by atoms with van der Waals surface area (Å²) in [7, 11) is -3.49. The van der Waals surface area contributed by atoms with Gasteiger partial charge >= 0.3 is 11.3 Å². The van der Waals surface area contributed by atoms with Crippen LogP contribution >= 0.6 is 11.6 Å². The Morgan fingerprint density at radius 3 is 2.58 bits per heavy atom. The van der Waals surface area contributed by atoms with Gasteiger partial charge in [-0.05, 0) is 17.2 Å². The molecule has 0 fully saturated rings. The van der Waals surface area contributed by atoms with Crippen LogP contribution in [0.25, 0.3) is 11.4 Å². The van der Waals surface area contributed by atoms with E-state index in [0.717, 1.165) is 11.8 Å². The van der Waals surface area contributed by atoms with Gasteiger partial charge in [0.1, 0.15) is 6.33 Å². The van der Waals surface area contributed by atoms with Crippen molar-refractivity contribution in [3.05, 3.63) is 42.0 Å². The van der Waals surface area contributed by atoms with Crippen LogP contribution in [0.1, 0.15) is 11.5 Å². The summed E-state index contributed by atoms with van der Waals surface area (Å²) in [5, 5.41) is 3.67. The van der Waals surface area contributed by atoms with Crippen LogP contribution in [-0.4, -0.2) is 39.6 Å². The van der Waals surface area contributed by atoms with Gasteiger partial charge in [0.15, 0.2) is 0 Å². The van der Waals surface area contributed by atoms with Gasteiger partial charge in [0.25, 0.3) is 0 Å². The molecule has 0 atom stereocenters. The summed E-state index contributed by atoms with van der Waals surface area (Å²) >= 11 is 4.83. The van der Waals surface area contributed by atoms with E-state index in [0.29, 0.717) is 5.56 Å². The third-order valence-electron chi connectivity index (χ3n) is 3.11. The van der Waals surface area contributed by atoms with Crippen LogP contribution in [0.15, 0.2) is 35.1 Å². The molecule has 2 aromatic heterocycles. The SMILES string of the molecule is CS(=O)(=O)Nc1ncnn1Cc1ccc(-c2noc(C(F)(F)Cl)n2)cc1. The third-order valence-corrected chi connectivity index (χ3v) is 3.82. The maximum absolute atomic E-state index is 12.9. The molecule has 0 aliphatic rings. The zero-order chi connectivity index (χ0) is 18.9. The first-order valence-corrected chi connectivity index (χ1v) is 9.24. The molecule has 13 heteroatoms. The monoisotopic (exact) mass is 404 g/mol. The predicted octanol–water partition coefficient (Wildman–Crippen LogP) is 2.04. The van der Waals surface area contributed by atoms with Gasteiger partial charge in [0.05, 0.1) is 12.8 Å². The fraction of sp³-hybridized carbons (Fsp3) is 0.231. The second-order valence-corrected chi connectivity index (χ2v) is 7.46. The molecule has 0 spiro atoms. The second-order valence-electron chi connectivity index (χ2n) is 5.23. The average molecular weight is 405 g/mol. The van der Waals surface area contributed by atoms with Crippen molar-refractivity contribution < 1.29 is 21.7 Å². The summed E-state index contributed by atoms with van der Waals surface area (Å²) in [6, 6.07) is 6.54. The number of benzene rings is 1. The Balaban J connectivity index is 1.77. The molecule has 0 radical (unpaired) electrons. The van der Waals surface area contributed by atoms with Gasteiger partial charge in [-0.15, -0.1) is 0 Å². The zero-order valence-corrected chi connectivity index (χ0v) is 14.7. The van der Waals surface area contributed by atoms with Crippen molar-refractivity contribution in [2.45, 2.75) is 11.9 Å². The van der Waals surface area contributed by atoms with Crippen molar-refractivity contribution in [1.29, 1.82) is 0 Å². The van der Waals surface area contributed by atoms with Gasteiger partial charge in [-0.3, -0.25) is 4.72 Å². The van der Waals surface area contributed by atoms with E-state index in [1.165, 1.54) is 11.0 Å². The summed E-state index contributed by atoms with van der Waals surface area (Å²) < 4.78 is 56.5. The number of halogens is 3. The molecule has 3 aromatic rings. The highest BCUT2D eigenvalue weighted by atomic mass is 35.5. The highest BCUT2D eigenvalue weighted by molar-refractivity contribution is 7.91. The van der Waals surface area contributed by atoms with Gasteiger partial charge < -0.3 is 4.52 Å². The number of hydrogen-bond acceptors (Lipinski definition) is 7. The number of nitrogens with zero attached hydrogens (tertiary/aromatic N) is 5. The summed E-state index contributed by atoms with van der Waals surface area (Å²) in [5.74, 6) is -0.951. The Labute approximate surface area is 151 Å². The van der Waals surface area contributed by atoms with Crippen molar-refractivity contribution in [2.24, 2.45) is 0 Å². The molecule has 0 unspecified atom stereocenters. The molecule has 0 bridgehead atoms. The van der Waals surface area contributed by atoms with E-state index < -0.39 is 21.3 Å². The zero-order valence-electron chi connectivity index (χ0n) is 13.1. The van der Waals surface area contributed by atoms with Crippen LogP contribution in [0.4, 0.5) is 14.7 Å². The molecule has 0 aliphatic heterocycles. The second kappa shape index (κ2) is 6.61. The average Bonchev–Trinajstić information content (AvgIpc) is 3.16. The van der Waals surface area contributed by atoms with Crippen molar-refractivity contribution in [2.75, 3.05) is 11.0 Å². The molecule has 0 aliphatic carbocycles. The quantitative estimate of drug-likeness (QED) is 0.625. The van der Waals surface area contributed by atoms with E-state index >= 15 is 0 Å². The van der Waals surface area contributed by atoms with Crippen LogP contribution in [0.2, 0.25) is 0 Å². The van der Waals surface area contributed by atoms with E-state index in [2.05, 4.69) is 29.5 Å². The van der Waals surface area contributed by atoms with Gasteiger partial charge in [0.2, 0.25) is 21.8 Å². The summed E-state index contributed by atoms with van der Waals surface area (Å²) in [6.07, 6.45) is 2.22. The minimum absolute atomic E-state index is 0.0351. The maximum Gasteiger partial charge on any atom is 0.400 e. The number of aromatic nitrogens is 5. The Bertz CT molecular complexity index is 1010. The van der Waals surface area contributed by atoms with Crippen LogP contribution in [-0.2, 0) is 21.9 Å². The van der Waals surface area contributed by atoms with Crippen molar-refractivity contribution in [3.63, 3.8) is 0 Å². The number of anilines is 1. The first-order chi connectivity index (χ1) is 12.1. The van der Waals surface area contributed by atoms with Gasteiger partial charge in [-0.25, -0.2) is 13.1 Å². The van der Waals surface area contributed by atoms with Gasteiger partial charge in [-0.1, -0.05) is 29.4 Å². The van der Waals surface area contributed by atoms with E-state index in [1.54, 1.807) is 24.3 Å². The number of alkyl halides is 3. The lowest BCUT2D eigenvalue weighted by atomic mass is 10.1. The Kier molecular flexibility index (Phi) is 4.63. The van der Waals surface area contributed by atoms with E-state index in [-0.39, 0.29) is 18.3 Å². The fourth-order valence-electron chi connectivity index (χ4n) is 2.01. The first-order valence-electron chi connectivity index (χ1n) is 6.97. The third kappa shape index (κ3) is 4.32. The Hall–Kier alpha value is -2.60. The maximum atomic E-state index is 12.9. The number of hydrogen-bond donors (Lipinski definition) is 1. The molecule has 9 nitrogen and oxygen atoms in total. The molecule has 2 heterocycles. The summed E-state index contributed by atoms with van der Waals surface area (Å²) in [4.78, 5) is 7.38. The minimum atomic E-state index is -3.73. The van der Waals surface area contributed by atoms with Crippen molar-refractivity contribution >= 4 is 27.6 Å². The lowest BCUT2D eigenvalue weighted by Crippen LogP contribution is -2.15. The van der Waals surface area contributed by atoms with Gasteiger partial charge in [0, 0.05) is 5.56 Å². The molecular formula is C13H11ClF2N6O3S. The summed E-state index contributed by atoms with van der Waals surface area (Å²) in [5.41, 5.74) is 1.19. The smallest absolute Gasteiger partial charge is 0.331 e. The summed E-state index contributed by atoms with van der Waals surface area (Å²) in [6.45, 7) is 0.232. The normalized spacial score (nSPS) is 12.3. The van der Waals surface area contributed by atoms with E-state index in [9.17, 15) is 17.2 Å². The highest BCUT2D eigenvalue weighted by Gasteiger charge is 2.35. The minimum Gasteiger partial charge on any atom is -0.331 e. The van der Waals surface area contributed by atoms with Crippen LogP contribution < -0.4 is 4.72 Å².